The highest BCUT2D eigenvalue weighted by atomic mass is 16.2. The van der Waals surface area contributed by atoms with Crippen molar-refractivity contribution in [3.05, 3.63) is 60.0 Å². The predicted octanol–water partition coefficient (Wildman–Crippen LogP) is 4.01. The van der Waals surface area contributed by atoms with Crippen LogP contribution in [0, 0.1) is 0 Å². The van der Waals surface area contributed by atoms with Crippen molar-refractivity contribution >= 4 is 29.1 Å². The van der Waals surface area contributed by atoms with Crippen LogP contribution in [-0.2, 0) is 10.2 Å². The van der Waals surface area contributed by atoms with E-state index in [-0.39, 0.29) is 11.8 Å². The van der Waals surface area contributed by atoms with Crippen LogP contribution < -0.4 is 15.5 Å². The quantitative estimate of drug-likeness (QED) is 0.633. The average molecular weight is 443 g/mol. The molecule has 2 amide bonds. The molecule has 1 saturated heterocycles. The molecule has 8 heteroatoms. The fraction of sp³-hybridized carbons (Fsp3) is 0.320. The van der Waals surface area contributed by atoms with E-state index in [1.165, 1.54) is 6.42 Å². The van der Waals surface area contributed by atoms with Crippen molar-refractivity contribution < 1.29 is 9.59 Å². The molecule has 2 aromatic heterocycles. The van der Waals surface area contributed by atoms with Gasteiger partial charge in [-0.2, -0.15) is 0 Å². The molecule has 1 fully saturated rings. The van der Waals surface area contributed by atoms with Gasteiger partial charge in [0.25, 0.3) is 5.91 Å². The van der Waals surface area contributed by atoms with E-state index < -0.39 is 5.41 Å². The monoisotopic (exact) mass is 442 g/mol. The number of benzene rings is 1. The number of anilines is 3. The molecule has 0 unspecified atom stereocenters. The average Bonchev–Trinajstić information content (AvgIpc) is 3.07. The third-order valence-electron chi connectivity index (χ3n) is 6.36. The number of hydrogen-bond donors (Lipinski definition) is 2. The van der Waals surface area contributed by atoms with Gasteiger partial charge in [-0.05, 0) is 69.0 Å². The molecule has 0 spiro atoms. The van der Waals surface area contributed by atoms with Gasteiger partial charge >= 0.3 is 0 Å². The molecule has 1 aromatic carbocycles. The number of rotatable bonds is 4. The predicted molar refractivity (Wildman–Crippen MR) is 127 cm³/mol. The van der Waals surface area contributed by atoms with E-state index in [0.717, 1.165) is 42.7 Å². The van der Waals surface area contributed by atoms with Crippen molar-refractivity contribution in [2.24, 2.45) is 0 Å². The minimum absolute atomic E-state index is 0.0541. The first-order chi connectivity index (χ1) is 15.9. The summed E-state index contributed by atoms with van der Waals surface area (Å²) in [5.41, 5.74) is 3.26. The van der Waals surface area contributed by atoms with Crippen LogP contribution >= 0.6 is 0 Å². The van der Waals surface area contributed by atoms with Crippen LogP contribution in [0.4, 0.5) is 17.3 Å². The molecule has 168 valence electrons. The van der Waals surface area contributed by atoms with E-state index in [1.807, 2.05) is 38.1 Å². The largest absolute Gasteiger partial charge is 0.341 e. The second-order valence-corrected chi connectivity index (χ2v) is 9.02. The Hall–Kier alpha value is -3.81. The van der Waals surface area contributed by atoms with E-state index >= 15 is 0 Å². The lowest BCUT2D eigenvalue weighted by atomic mass is 9.86. The summed E-state index contributed by atoms with van der Waals surface area (Å²) < 4.78 is 0. The molecular weight excluding hydrogens is 416 g/mol. The van der Waals surface area contributed by atoms with Crippen molar-refractivity contribution in [3.8, 4) is 11.3 Å². The summed E-state index contributed by atoms with van der Waals surface area (Å²) in [6, 6.07) is 9.16. The molecule has 3 aromatic rings. The fourth-order valence-electron chi connectivity index (χ4n) is 4.36. The normalized spacial score (nSPS) is 16.8. The highest BCUT2D eigenvalue weighted by Gasteiger charge is 2.38. The standard InChI is InChI=1S/C25H26N6O2/c1-25(2)19-13-17(8-9-20(19)29-23(25)33)28-22(32)18-15-27-24(31-11-4-3-5-12-31)30-21(18)16-7-6-10-26-14-16/h6-10,13-15H,3-5,11-12H2,1-2H3,(H,28,32)(H,29,33). The summed E-state index contributed by atoms with van der Waals surface area (Å²) in [5.74, 6) is 0.268. The first kappa shape index (κ1) is 21.1. The second kappa shape index (κ2) is 8.27. The Morgan fingerprint density at radius 1 is 1.12 bits per heavy atom. The lowest BCUT2D eigenvalue weighted by Crippen LogP contribution is -2.31. The molecule has 0 bridgehead atoms. The first-order valence-corrected chi connectivity index (χ1v) is 11.2. The lowest BCUT2D eigenvalue weighted by Gasteiger charge is -2.27. The molecule has 2 aliphatic heterocycles. The number of piperidine rings is 1. The Labute approximate surface area is 192 Å². The number of carbonyl (C=O) groups is 2. The van der Waals surface area contributed by atoms with Gasteiger partial charge in [-0.25, -0.2) is 9.97 Å². The zero-order valence-electron chi connectivity index (χ0n) is 18.8. The lowest BCUT2D eigenvalue weighted by molar-refractivity contribution is -0.119. The molecule has 0 atom stereocenters. The Morgan fingerprint density at radius 2 is 1.94 bits per heavy atom. The molecule has 0 radical (unpaired) electrons. The van der Waals surface area contributed by atoms with E-state index in [1.54, 1.807) is 24.7 Å². The summed E-state index contributed by atoms with van der Waals surface area (Å²) in [5, 5.41) is 5.84. The second-order valence-electron chi connectivity index (χ2n) is 9.02. The summed E-state index contributed by atoms with van der Waals surface area (Å²) in [6.45, 7) is 5.56. The van der Waals surface area contributed by atoms with E-state index in [2.05, 4.69) is 25.5 Å². The SMILES string of the molecule is CC1(C)C(=O)Nc2ccc(NC(=O)c3cnc(N4CCCCC4)nc3-c3cccnc3)cc21. The topological polar surface area (TPSA) is 100 Å². The summed E-state index contributed by atoms with van der Waals surface area (Å²) >= 11 is 0. The number of nitrogens with zero attached hydrogens (tertiary/aromatic N) is 4. The zero-order chi connectivity index (χ0) is 23.0. The van der Waals surface area contributed by atoms with Gasteiger partial charge in [0.15, 0.2) is 0 Å². The summed E-state index contributed by atoms with van der Waals surface area (Å²) in [7, 11) is 0. The maximum atomic E-state index is 13.3. The van der Waals surface area contributed by atoms with Crippen molar-refractivity contribution in [3.63, 3.8) is 0 Å². The van der Waals surface area contributed by atoms with Crippen LogP contribution in [0.2, 0.25) is 0 Å². The third kappa shape index (κ3) is 3.92. The highest BCUT2D eigenvalue weighted by Crippen LogP contribution is 2.38. The Morgan fingerprint density at radius 3 is 2.70 bits per heavy atom. The van der Waals surface area contributed by atoms with E-state index in [9.17, 15) is 9.59 Å². The molecule has 0 saturated carbocycles. The van der Waals surface area contributed by atoms with Gasteiger partial charge in [-0.15, -0.1) is 0 Å². The van der Waals surface area contributed by atoms with Crippen LogP contribution in [0.25, 0.3) is 11.3 Å². The smallest absolute Gasteiger partial charge is 0.259 e. The number of hydrogen-bond acceptors (Lipinski definition) is 6. The van der Waals surface area contributed by atoms with Gasteiger partial charge in [0.1, 0.15) is 0 Å². The number of pyridine rings is 1. The molecule has 33 heavy (non-hydrogen) atoms. The van der Waals surface area contributed by atoms with Crippen LogP contribution in [0.5, 0.6) is 0 Å². The van der Waals surface area contributed by atoms with E-state index in [0.29, 0.717) is 22.9 Å². The van der Waals surface area contributed by atoms with Crippen molar-refractivity contribution in [1.29, 1.82) is 0 Å². The number of carbonyl (C=O) groups excluding carboxylic acids is 2. The molecule has 0 aliphatic carbocycles. The number of nitrogens with one attached hydrogen (secondary N) is 2. The highest BCUT2D eigenvalue weighted by molar-refractivity contribution is 6.09. The zero-order valence-corrected chi connectivity index (χ0v) is 18.8. The Bertz CT molecular complexity index is 1220. The third-order valence-corrected chi connectivity index (χ3v) is 6.36. The van der Waals surface area contributed by atoms with Gasteiger partial charge in [0.05, 0.1) is 16.7 Å². The minimum Gasteiger partial charge on any atom is -0.341 e. The van der Waals surface area contributed by atoms with Crippen molar-refractivity contribution in [2.75, 3.05) is 28.6 Å². The Kier molecular flexibility index (Phi) is 5.28. The van der Waals surface area contributed by atoms with E-state index in [4.69, 9.17) is 4.98 Å². The number of aromatic nitrogens is 3. The molecule has 2 N–H and O–H groups in total. The fourth-order valence-corrected chi connectivity index (χ4v) is 4.36. The minimum atomic E-state index is -0.657. The van der Waals surface area contributed by atoms with Crippen LogP contribution in [0.15, 0.2) is 48.9 Å². The maximum absolute atomic E-state index is 13.3. The maximum Gasteiger partial charge on any atom is 0.259 e. The molecule has 2 aliphatic rings. The van der Waals surface area contributed by atoms with Crippen LogP contribution in [0.3, 0.4) is 0 Å². The molecule has 8 nitrogen and oxygen atoms in total. The number of fused-ring (bicyclic) bond motifs is 1. The van der Waals surface area contributed by atoms with Crippen LogP contribution in [0.1, 0.15) is 49.0 Å². The van der Waals surface area contributed by atoms with Gasteiger partial charge in [-0.3, -0.25) is 14.6 Å². The summed E-state index contributed by atoms with van der Waals surface area (Å²) in [6.07, 6.45) is 8.42. The van der Waals surface area contributed by atoms with Crippen molar-refractivity contribution in [2.45, 2.75) is 38.5 Å². The molecular formula is C25H26N6O2. The Balaban J connectivity index is 1.48. The van der Waals surface area contributed by atoms with Crippen molar-refractivity contribution in [1.82, 2.24) is 15.0 Å². The molecule has 4 heterocycles. The summed E-state index contributed by atoms with van der Waals surface area (Å²) in [4.78, 5) is 41.2. The number of amides is 2. The first-order valence-electron chi connectivity index (χ1n) is 11.2. The van der Waals surface area contributed by atoms with Gasteiger partial charge in [0.2, 0.25) is 11.9 Å². The van der Waals surface area contributed by atoms with Gasteiger partial charge in [-0.1, -0.05) is 0 Å². The van der Waals surface area contributed by atoms with Gasteiger partial charge < -0.3 is 15.5 Å². The van der Waals surface area contributed by atoms with Crippen LogP contribution in [-0.4, -0.2) is 39.9 Å². The molecule has 5 rings (SSSR count). The van der Waals surface area contributed by atoms with Gasteiger partial charge in [0, 0.05) is 48.6 Å².